The molecule has 0 amide bonds. The molecule has 1 fully saturated rings. The maximum Gasteiger partial charge on any atom is 0.0454 e. The van der Waals surface area contributed by atoms with E-state index in [4.69, 9.17) is 0 Å². The summed E-state index contributed by atoms with van der Waals surface area (Å²) in [4.78, 5) is 0. The van der Waals surface area contributed by atoms with Gasteiger partial charge < -0.3 is 16.0 Å². The summed E-state index contributed by atoms with van der Waals surface area (Å²) in [6.07, 6.45) is 5.22. The van der Waals surface area contributed by atoms with Gasteiger partial charge in [-0.15, -0.1) is 0 Å². The summed E-state index contributed by atoms with van der Waals surface area (Å²) in [5, 5.41) is 10.2. The number of hydrogen-bond donors (Lipinski definition) is 3. The van der Waals surface area contributed by atoms with Crippen LogP contribution in [0.1, 0.15) is 25.7 Å². The number of rotatable bonds is 0. The normalized spacial score (nSPS) is 24.0. The van der Waals surface area contributed by atoms with Crippen molar-refractivity contribution in [3.63, 3.8) is 0 Å². The SMILES string of the molecule is C1CCNCCCNCNCC1. The van der Waals surface area contributed by atoms with Crippen LogP contribution in [-0.2, 0) is 0 Å². The molecular weight excluding hydrogens is 150 g/mol. The molecule has 1 rings (SSSR count). The predicted molar refractivity (Wildman–Crippen MR) is 52.2 cm³/mol. The van der Waals surface area contributed by atoms with Crippen LogP contribution in [0.2, 0.25) is 0 Å². The van der Waals surface area contributed by atoms with Gasteiger partial charge in [-0.3, -0.25) is 0 Å². The summed E-state index contributed by atoms with van der Waals surface area (Å²) in [5.74, 6) is 0. The highest BCUT2D eigenvalue weighted by Crippen LogP contribution is 1.92. The third kappa shape index (κ3) is 5.52. The fourth-order valence-electron chi connectivity index (χ4n) is 1.41. The highest BCUT2D eigenvalue weighted by Gasteiger charge is 1.93. The highest BCUT2D eigenvalue weighted by atomic mass is 15.0. The van der Waals surface area contributed by atoms with Crippen molar-refractivity contribution in [1.29, 1.82) is 0 Å². The Labute approximate surface area is 75.3 Å². The summed E-state index contributed by atoms with van der Waals surface area (Å²) < 4.78 is 0. The molecule has 0 atom stereocenters. The molecule has 0 spiro atoms. The Morgan fingerprint density at radius 1 is 0.500 bits per heavy atom. The first-order chi connectivity index (χ1) is 6.00. The van der Waals surface area contributed by atoms with Crippen LogP contribution >= 0.6 is 0 Å². The second kappa shape index (κ2) is 7.53. The fourth-order valence-corrected chi connectivity index (χ4v) is 1.41. The minimum atomic E-state index is 0.972. The van der Waals surface area contributed by atoms with Gasteiger partial charge in [0.25, 0.3) is 0 Å². The first-order valence-electron chi connectivity index (χ1n) is 5.12. The number of nitrogens with one attached hydrogen (secondary N) is 3. The summed E-state index contributed by atoms with van der Waals surface area (Å²) in [5.41, 5.74) is 0. The zero-order chi connectivity index (χ0) is 8.49. The second-order valence-electron chi connectivity index (χ2n) is 3.34. The lowest BCUT2D eigenvalue weighted by Crippen LogP contribution is -2.32. The molecule has 1 aliphatic rings. The van der Waals surface area contributed by atoms with Crippen LogP contribution in [-0.4, -0.2) is 32.8 Å². The maximum atomic E-state index is 3.44. The van der Waals surface area contributed by atoms with Crippen molar-refractivity contribution in [2.24, 2.45) is 0 Å². The van der Waals surface area contributed by atoms with Gasteiger partial charge in [-0.1, -0.05) is 6.42 Å². The summed E-state index contributed by atoms with van der Waals surface area (Å²) in [6.45, 7) is 5.61. The second-order valence-corrected chi connectivity index (χ2v) is 3.34. The molecule has 1 heterocycles. The third-order valence-corrected chi connectivity index (χ3v) is 2.16. The van der Waals surface area contributed by atoms with Crippen LogP contribution in [0.15, 0.2) is 0 Å². The van der Waals surface area contributed by atoms with Gasteiger partial charge in [-0.25, -0.2) is 0 Å². The summed E-state index contributed by atoms with van der Waals surface area (Å²) in [7, 11) is 0. The van der Waals surface area contributed by atoms with Gasteiger partial charge in [0.1, 0.15) is 0 Å². The molecule has 0 aliphatic carbocycles. The minimum Gasteiger partial charge on any atom is -0.317 e. The lowest BCUT2D eigenvalue weighted by molar-refractivity contribution is 0.506. The van der Waals surface area contributed by atoms with Crippen LogP contribution < -0.4 is 16.0 Å². The van der Waals surface area contributed by atoms with E-state index in [2.05, 4.69) is 16.0 Å². The van der Waals surface area contributed by atoms with Gasteiger partial charge in [0, 0.05) is 6.67 Å². The zero-order valence-corrected chi connectivity index (χ0v) is 7.86. The molecule has 3 heteroatoms. The standard InChI is InChI=1S/C9H21N3/c1-2-5-10-7-4-8-12-9-11-6-3-1/h10-12H,1-9H2. The lowest BCUT2D eigenvalue weighted by Gasteiger charge is -2.10. The van der Waals surface area contributed by atoms with Crippen LogP contribution in [0, 0.1) is 0 Å². The first kappa shape index (κ1) is 9.96. The van der Waals surface area contributed by atoms with Crippen molar-refractivity contribution in [2.75, 3.05) is 32.8 Å². The molecule has 3 nitrogen and oxygen atoms in total. The molecule has 12 heavy (non-hydrogen) atoms. The van der Waals surface area contributed by atoms with Gasteiger partial charge in [0.2, 0.25) is 0 Å². The van der Waals surface area contributed by atoms with E-state index in [0.29, 0.717) is 0 Å². The largest absolute Gasteiger partial charge is 0.317 e. The van der Waals surface area contributed by atoms with Crippen LogP contribution in [0.5, 0.6) is 0 Å². The zero-order valence-electron chi connectivity index (χ0n) is 7.86. The van der Waals surface area contributed by atoms with Crippen LogP contribution in [0.4, 0.5) is 0 Å². The van der Waals surface area contributed by atoms with E-state index >= 15 is 0 Å². The molecule has 1 aliphatic heterocycles. The van der Waals surface area contributed by atoms with Crippen molar-refractivity contribution < 1.29 is 0 Å². The molecule has 0 aromatic heterocycles. The van der Waals surface area contributed by atoms with Crippen molar-refractivity contribution in [3.8, 4) is 0 Å². The molecule has 0 saturated carbocycles. The smallest absolute Gasteiger partial charge is 0.0454 e. The lowest BCUT2D eigenvalue weighted by atomic mass is 10.2. The van der Waals surface area contributed by atoms with Crippen molar-refractivity contribution in [3.05, 3.63) is 0 Å². The molecule has 0 unspecified atom stereocenters. The van der Waals surface area contributed by atoms with Gasteiger partial charge in [0.05, 0.1) is 0 Å². The quantitative estimate of drug-likeness (QED) is 0.490. The van der Waals surface area contributed by atoms with Crippen LogP contribution in [0.3, 0.4) is 0 Å². The first-order valence-corrected chi connectivity index (χ1v) is 5.12. The maximum absolute atomic E-state index is 3.44. The van der Waals surface area contributed by atoms with Crippen molar-refractivity contribution in [1.82, 2.24) is 16.0 Å². The Hall–Kier alpha value is -0.120. The Bertz CT molecular complexity index is 52.8. The van der Waals surface area contributed by atoms with Crippen molar-refractivity contribution >= 4 is 0 Å². The fraction of sp³-hybridized carbons (Fsp3) is 1.00. The predicted octanol–water partition coefficient (Wildman–Crippen LogP) is 0.287. The molecule has 0 bridgehead atoms. The average molecular weight is 171 g/mol. The minimum absolute atomic E-state index is 0.972. The van der Waals surface area contributed by atoms with Gasteiger partial charge in [-0.05, 0) is 45.4 Å². The van der Waals surface area contributed by atoms with E-state index < -0.39 is 0 Å². The van der Waals surface area contributed by atoms with E-state index in [-0.39, 0.29) is 0 Å². The van der Waals surface area contributed by atoms with E-state index in [9.17, 15) is 0 Å². The summed E-state index contributed by atoms with van der Waals surface area (Å²) >= 11 is 0. The Balaban J connectivity index is 2.00. The molecule has 0 aromatic carbocycles. The number of hydrogen-bond acceptors (Lipinski definition) is 3. The Kier molecular flexibility index (Phi) is 6.25. The van der Waals surface area contributed by atoms with E-state index in [1.165, 1.54) is 32.2 Å². The average Bonchev–Trinajstić information content (AvgIpc) is 2.05. The van der Waals surface area contributed by atoms with Crippen LogP contribution in [0.25, 0.3) is 0 Å². The van der Waals surface area contributed by atoms with E-state index in [1.807, 2.05) is 0 Å². The van der Waals surface area contributed by atoms with E-state index in [1.54, 1.807) is 0 Å². The molecule has 3 N–H and O–H groups in total. The van der Waals surface area contributed by atoms with Gasteiger partial charge in [0.15, 0.2) is 0 Å². The molecule has 72 valence electrons. The van der Waals surface area contributed by atoms with Crippen molar-refractivity contribution in [2.45, 2.75) is 25.7 Å². The molecule has 0 aromatic rings. The third-order valence-electron chi connectivity index (χ3n) is 2.16. The summed E-state index contributed by atoms with van der Waals surface area (Å²) in [6, 6.07) is 0. The Morgan fingerprint density at radius 3 is 1.92 bits per heavy atom. The molecule has 1 saturated heterocycles. The molecular formula is C9H21N3. The molecule has 0 radical (unpaired) electrons. The van der Waals surface area contributed by atoms with Gasteiger partial charge >= 0.3 is 0 Å². The Morgan fingerprint density at radius 2 is 1.08 bits per heavy atom. The van der Waals surface area contributed by atoms with E-state index in [0.717, 1.165) is 26.3 Å². The van der Waals surface area contributed by atoms with Gasteiger partial charge in [-0.2, -0.15) is 0 Å². The highest BCUT2D eigenvalue weighted by molar-refractivity contribution is 4.55. The monoisotopic (exact) mass is 171 g/mol. The topological polar surface area (TPSA) is 36.1 Å².